The van der Waals surface area contributed by atoms with Crippen molar-refractivity contribution in [2.45, 2.75) is 51.2 Å². The number of carbonyl (C=O) groups excluding carboxylic acids is 2. The quantitative estimate of drug-likeness (QED) is 0.364. The molecule has 2 aliphatic rings. The van der Waals surface area contributed by atoms with E-state index < -0.39 is 23.1 Å². The Kier molecular flexibility index (Phi) is 9.69. The van der Waals surface area contributed by atoms with E-state index >= 15 is 4.39 Å². The summed E-state index contributed by atoms with van der Waals surface area (Å²) in [7, 11) is 3.08. The second-order valence-electron chi connectivity index (χ2n) is 11.3. The molecule has 1 atom stereocenters. The lowest BCUT2D eigenvalue weighted by atomic mass is 10.0. The zero-order valence-corrected chi connectivity index (χ0v) is 26.6. The predicted octanol–water partition coefficient (Wildman–Crippen LogP) is 3.41. The van der Waals surface area contributed by atoms with Crippen LogP contribution < -0.4 is 16.0 Å². The monoisotopic (exact) mass is 670 g/mol. The fourth-order valence-corrected chi connectivity index (χ4v) is 6.53. The number of ether oxygens (including phenoxy) is 2. The molecule has 0 unspecified atom stereocenters. The number of hydrogen-bond donors (Lipinski definition) is 0. The van der Waals surface area contributed by atoms with Crippen LogP contribution in [0.5, 0.6) is 5.75 Å². The molecular formula is C32H36BrFN4O6. The van der Waals surface area contributed by atoms with Crippen LogP contribution in [0.3, 0.4) is 0 Å². The molecule has 0 N–H and O–H groups in total. The van der Waals surface area contributed by atoms with Gasteiger partial charge in [-0.3, -0.25) is 23.5 Å². The van der Waals surface area contributed by atoms with Gasteiger partial charge in [0.2, 0.25) is 11.8 Å². The molecule has 0 bridgehead atoms. The van der Waals surface area contributed by atoms with Gasteiger partial charge in [-0.25, -0.2) is 9.18 Å². The van der Waals surface area contributed by atoms with Gasteiger partial charge < -0.3 is 19.3 Å². The van der Waals surface area contributed by atoms with Gasteiger partial charge in [0.05, 0.1) is 36.2 Å². The molecule has 3 heterocycles. The van der Waals surface area contributed by atoms with E-state index in [1.54, 1.807) is 25.0 Å². The Balaban J connectivity index is 1.32. The molecule has 12 heteroatoms. The van der Waals surface area contributed by atoms with Gasteiger partial charge in [0.15, 0.2) is 0 Å². The van der Waals surface area contributed by atoms with Crippen LogP contribution in [0.25, 0.3) is 11.1 Å². The van der Waals surface area contributed by atoms with Crippen molar-refractivity contribution in [1.82, 2.24) is 18.9 Å². The van der Waals surface area contributed by atoms with Crippen LogP contribution in [-0.4, -0.2) is 77.3 Å². The minimum absolute atomic E-state index is 0.00776. The smallest absolute Gasteiger partial charge is 0.331 e. The van der Waals surface area contributed by atoms with Crippen molar-refractivity contribution in [2.24, 2.45) is 0 Å². The van der Waals surface area contributed by atoms with E-state index in [0.29, 0.717) is 38.9 Å². The molecule has 1 fully saturated rings. The van der Waals surface area contributed by atoms with E-state index in [4.69, 9.17) is 9.47 Å². The van der Waals surface area contributed by atoms with E-state index in [1.165, 1.54) is 30.0 Å². The summed E-state index contributed by atoms with van der Waals surface area (Å²) in [6.45, 7) is 2.87. The molecule has 2 aliphatic heterocycles. The Labute approximate surface area is 263 Å². The lowest BCUT2D eigenvalue weighted by molar-refractivity contribution is -0.136. The fraction of sp³-hybridized carbons (Fsp3) is 0.438. The molecule has 2 amide bonds. The summed E-state index contributed by atoms with van der Waals surface area (Å²) in [6.07, 6.45) is 3.56. The largest absolute Gasteiger partial charge is 0.497 e. The minimum atomic E-state index is -0.673. The molecule has 1 aromatic heterocycles. The van der Waals surface area contributed by atoms with E-state index in [2.05, 4.69) is 15.9 Å². The number of benzene rings is 2. The molecule has 0 spiro atoms. The lowest BCUT2D eigenvalue weighted by Crippen LogP contribution is -2.50. The molecule has 234 valence electrons. The van der Waals surface area contributed by atoms with E-state index in [-0.39, 0.29) is 46.6 Å². The Morgan fingerprint density at radius 2 is 1.80 bits per heavy atom. The van der Waals surface area contributed by atoms with Gasteiger partial charge in [0.1, 0.15) is 18.1 Å². The summed E-state index contributed by atoms with van der Waals surface area (Å²) in [5, 5.41) is 0. The predicted molar refractivity (Wildman–Crippen MR) is 166 cm³/mol. The number of likely N-dealkylation sites (tertiary alicyclic amines) is 1. The number of amides is 2. The van der Waals surface area contributed by atoms with Crippen molar-refractivity contribution in [2.75, 3.05) is 40.5 Å². The third-order valence-corrected chi connectivity index (χ3v) is 9.15. The van der Waals surface area contributed by atoms with Gasteiger partial charge in [-0.15, -0.1) is 0 Å². The number of nitrogens with zero attached hydrogens (tertiary/aromatic N) is 4. The summed E-state index contributed by atoms with van der Waals surface area (Å²) < 4.78 is 28.0. The number of piperidine rings is 1. The zero-order chi connectivity index (χ0) is 31.5. The number of hydrogen-bond acceptors (Lipinski definition) is 6. The highest BCUT2D eigenvalue weighted by Crippen LogP contribution is 2.27. The first kappa shape index (κ1) is 31.6. The van der Waals surface area contributed by atoms with Crippen LogP contribution in [0.15, 0.2) is 56.7 Å². The van der Waals surface area contributed by atoms with Gasteiger partial charge in [0, 0.05) is 44.5 Å². The Bertz CT molecular complexity index is 1680. The van der Waals surface area contributed by atoms with Gasteiger partial charge in [-0.2, -0.15) is 0 Å². The summed E-state index contributed by atoms with van der Waals surface area (Å²) >= 11 is 3.16. The number of carbonyl (C=O) groups is 2. The Hall–Kier alpha value is -3.77. The molecule has 1 saturated heterocycles. The van der Waals surface area contributed by atoms with Gasteiger partial charge in [-0.1, -0.05) is 18.2 Å². The standard InChI is InChI=1S/C32H36BrFN4O6/c1-20(19-43-2)38-31(41)26(25-5-4-6-27(33)30(25)34)17-36(32(38)42)18-29(40)35-12-10-23(11-13-35)37-14-9-22-15-24(44-3)8-7-21(22)16-28(37)39/h4-8,15,17,20,23H,9-14,16,18-19H2,1-3H3/t20-/m1/s1. The Morgan fingerprint density at radius 3 is 2.50 bits per heavy atom. The molecule has 5 rings (SSSR count). The van der Waals surface area contributed by atoms with Crippen molar-refractivity contribution in [1.29, 1.82) is 0 Å². The van der Waals surface area contributed by atoms with Crippen molar-refractivity contribution in [3.05, 3.63) is 84.8 Å². The molecule has 0 saturated carbocycles. The van der Waals surface area contributed by atoms with Crippen molar-refractivity contribution < 1.29 is 23.5 Å². The molecule has 3 aromatic rings. The van der Waals surface area contributed by atoms with Gasteiger partial charge in [0.25, 0.3) is 5.56 Å². The van der Waals surface area contributed by atoms with Gasteiger partial charge >= 0.3 is 5.69 Å². The average molecular weight is 672 g/mol. The number of methoxy groups -OCH3 is 2. The van der Waals surface area contributed by atoms with Crippen molar-refractivity contribution >= 4 is 27.7 Å². The summed E-state index contributed by atoms with van der Waals surface area (Å²) in [4.78, 5) is 57.2. The van der Waals surface area contributed by atoms with E-state index in [9.17, 15) is 19.2 Å². The Morgan fingerprint density at radius 1 is 1.05 bits per heavy atom. The average Bonchev–Trinajstić information content (AvgIpc) is 3.17. The minimum Gasteiger partial charge on any atom is -0.497 e. The van der Waals surface area contributed by atoms with Crippen LogP contribution in [0.4, 0.5) is 4.39 Å². The second kappa shape index (κ2) is 13.5. The number of aromatic nitrogens is 2. The first-order chi connectivity index (χ1) is 21.1. The SMILES string of the molecule is COC[C@@H](C)n1c(=O)c(-c2cccc(Br)c2F)cn(CC(=O)N2CCC(N3CCc4cc(OC)ccc4CC3=O)CC2)c1=O. The maximum Gasteiger partial charge on any atom is 0.331 e. The van der Waals surface area contributed by atoms with Crippen LogP contribution in [0, 0.1) is 5.82 Å². The van der Waals surface area contributed by atoms with Crippen molar-refractivity contribution in [3.63, 3.8) is 0 Å². The molecule has 44 heavy (non-hydrogen) atoms. The number of fused-ring (bicyclic) bond motifs is 1. The van der Waals surface area contributed by atoms with Crippen LogP contribution >= 0.6 is 15.9 Å². The highest BCUT2D eigenvalue weighted by atomic mass is 79.9. The molecule has 10 nitrogen and oxygen atoms in total. The zero-order valence-electron chi connectivity index (χ0n) is 25.1. The maximum atomic E-state index is 15.1. The fourth-order valence-electron chi connectivity index (χ4n) is 6.16. The summed E-state index contributed by atoms with van der Waals surface area (Å²) in [6, 6.07) is 9.75. The highest BCUT2D eigenvalue weighted by molar-refractivity contribution is 9.10. The first-order valence-corrected chi connectivity index (χ1v) is 15.4. The maximum absolute atomic E-state index is 15.1. The van der Waals surface area contributed by atoms with Crippen LogP contribution in [0.1, 0.15) is 36.9 Å². The number of halogens is 2. The third-order valence-electron chi connectivity index (χ3n) is 8.54. The highest BCUT2D eigenvalue weighted by Gasteiger charge is 2.32. The van der Waals surface area contributed by atoms with Gasteiger partial charge in [-0.05, 0) is 71.4 Å². The third kappa shape index (κ3) is 6.37. The van der Waals surface area contributed by atoms with Crippen LogP contribution in [-0.2, 0) is 33.7 Å². The second-order valence-corrected chi connectivity index (χ2v) is 12.1. The lowest BCUT2D eigenvalue weighted by Gasteiger charge is -2.38. The molecule has 0 radical (unpaired) electrons. The topological polar surface area (TPSA) is 103 Å². The summed E-state index contributed by atoms with van der Waals surface area (Å²) in [5.41, 5.74) is 0.779. The first-order valence-electron chi connectivity index (χ1n) is 14.6. The molecule has 0 aliphatic carbocycles. The van der Waals surface area contributed by atoms with Crippen LogP contribution in [0.2, 0.25) is 0 Å². The van der Waals surface area contributed by atoms with E-state index in [0.717, 1.165) is 27.9 Å². The molecule has 2 aromatic carbocycles. The van der Waals surface area contributed by atoms with Crippen molar-refractivity contribution in [3.8, 4) is 16.9 Å². The van der Waals surface area contributed by atoms with E-state index in [1.807, 2.05) is 23.1 Å². The summed E-state index contributed by atoms with van der Waals surface area (Å²) in [5.74, 6) is -0.0880. The number of rotatable bonds is 8. The molecular weight excluding hydrogens is 635 g/mol. The normalized spacial score (nSPS) is 16.4.